The highest BCUT2D eigenvalue weighted by atomic mass is 32.2. The molecule has 0 amide bonds. The fourth-order valence-corrected chi connectivity index (χ4v) is 7.09. The molecular weight excluding hydrogens is 1010 g/mol. The summed E-state index contributed by atoms with van der Waals surface area (Å²) in [5.74, 6) is 0.532. The third kappa shape index (κ3) is 14.9. The van der Waals surface area contributed by atoms with Crippen molar-refractivity contribution in [3.63, 3.8) is 0 Å². The Balaban J connectivity index is 0.00000115. The molecule has 27 heteroatoms. The minimum atomic E-state index is -4.49. The van der Waals surface area contributed by atoms with Crippen molar-refractivity contribution in [2.24, 2.45) is 40.9 Å². The minimum Gasteiger partial charge on any atom is -0.505 e. The first kappa shape index (κ1) is 54.8. The van der Waals surface area contributed by atoms with Gasteiger partial charge in [0.05, 0.1) is 43.6 Å². The Bertz CT molecular complexity index is 3720. The molecule has 5 N–H and O–H groups in total. The van der Waals surface area contributed by atoms with Crippen LogP contribution in [0.4, 0.5) is 62.6 Å². The summed E-state index contributed by atoms with van der Waals surface area (Å²) in [6.07, 6.45) is 1.93. The number of azo groups is 4. The quantitative estimate of drug-likeness (QED) is 0.0196. The number of ether oxygens (including phenoxy) is 2. The number of phenols is 1. The number of hydrogen-bond acceptors (Lipinski definition) is 22. The van der Waals surface area contributed by atoms with Crippen molar-refractivity contribution in [1.29, 1.82) is 0 Å². The third-order valence-corrected chi connectivity index (χ3v) is 10.8. The van der Waals surface area contributed by atoms with E-state index in [1.54, 1.807) is 110 Å². The lowest BCUT2D eigenvalue weighted by Crippen LogP contribution is -2.01. The first-order valence-corrected chi connectivity index (χ1v) is 23.9. The largest absolute Gasteiger partial charge is 0.505 e. The number of aryl methyl sites for hydroxylation is 2. The molecule has 0 bridgehead atoms. The van der Waals surface area contributed by atoms with Crippen LogP contribution in [0.2, 0.25) is 0 Å². The van der Waals surface area contributed by atoms with Crippen molar-refractivity contribution in [1.82, 2.24) is 4.58 Å². The maximum Gasteiger partial charge on any atom is 0.437 e. The van der Waals surface area contributed by atoms with Crippen LogP contribution in [0, 0.1) is 13.8 Å². The number of aliphatic hydroxyl groups excluding tert-OH is 1. The minimum absolute atomic E-state index is 0.0171. The molecule has 0 unspecified atom stereocenters. The van der Waals surface area contributed by atoms with Crippen molar-refractivity contribution in [3.8, 4) is 17.2 Å². The molecule has 0 saturated carbocycles. The average molecular weight is 1050 g/mol. The van der Waals surface area contributed by atoms with Crippen LogP contribution in [-0.4, -0.2) is 68.7 Å². The van der Waals surface area contributed by atoms with Crippen LogP contribution in [0.15, 0.2) is 167 Å². The van der Waals surface area contributed by atoms with E-state index in [0.717, 1.165) is 0 Å². The van der Waals surface area contributed by atoms with Crippen LogP contribution in [0.1, 0.15) is 16.7 Å². The molecule has 0 heterocycles. The number of nitrogens with zero attached hydrogens (tertiary/aromatic N) is 9. The Labute approximate surface area is 417 Å². The lowest BCUT2D eigenvalue weighted by Gasteiger charge is -2.10. The maximum atomic E-state index is 11.9. The summed E-state index contributed by atoms with van der Waals surface area (Å²) in [6.45, 7) is 3.18. The molecule has 0 spiro atoms. The first-order valence-electron chi connectivity index (χ1n) is 20.4. The van der Waals surface area contributed by atoms with E-state index in [1.165, 1.54) is 37.0 Å². The van der Waals surface area contributed by atoms with Crippen LogP contribution in [0.5, 0.6) is 17.2 Å². The highest BCUT2D eigenvalue weighted by molar-refractivity contribution is 7.86. The van der Waals surface area contributed by atoms with Gasteiger partial charge in [-0.05, 0) is 97.1 Å². The number of aromatic hydroxyl groups is 1. The van der Waals surface area contributed by atoms with Gasteiger partial charge in [0, 0.05) is 53.0 Å². The number of methoxy groups -OCH3 is 2. The van der Waals surface area contributed by atoms with E-state index in [2.05, 4.69) is 40.9 Å². The van der Waals surface area contributed by atoms with Gasteiger partial charge >= 0.3 is 27.3 Å². The molecule has 0 atom stereocenters. The zero-order chi connectivity index (χ0) is 53.4. The van der Waals surface area contributed by atoms with Gasteiger partial charge in [0.15, 0.2) is 5.75 Å². The normalized spacial score (nSPS) is 11.3. The van der Waals surface area contributed by atoms with Crippen molar-refractivity contribution in [3.05, 3.63) is 138 Å². The lowest BCUT2D eigenvalue weighted by molar-refractivity contribution is 0.282. The molecule has 0 aliphatic heterocycles. The first-order chi connectivity index (χ1) is 34.8. The molecule has 0 fully saturated rings. The van der Waals surface area contributed by atoms with E-state index < -0.39 is 37.9 Å². The Morgan fingerprint density at radius 3 is 1.71 bits per heavy atom. The van der Waals surface area contributed by atoms with E-state index >= 15 is 0 Å². The smallest absolute Gasteiger partial charge is 0.437 e. The van der Waals surface area contributed by atoms with Crippen LogP contribution in [-0.2, 0) is 42.7 Å². The van der Waals surface area contributed by atoms with Gasteiger partial charge in [-0.2, -0.15) is 33.7 Å². The number of fused-ring (bicyclic) bond motifs is 1. The van der Waals surface area contributed by atoms with Gasteiger partial charge in [0.2, 0.25) is 11.4 Å². The zero-order valence-corrected chi connectivity index (χ0v) is 40.9. The van der Waals surface area contributed by atoms with E-state index in [1.807, 2.05) is 13.0 Å². The van der Waals surface area contributed by atoms with Gasteiger partial charge in [-0.1, -0.05) is 22.8 Å². The topological polar surface area (TPSA) is 361 Å². The van der Waals surface area contributed by atoms with Crippen LogP contribution in [0.3, 0.4) is 0 Å². The summed E-state index contributed by atoms with van der Waals surface area (Å²) in [6, 6.07) is 32.5. The maximum absolute atomic E-state index is 11.9. The molecule has 0 saturated heterocycles. The number of hydrogen-bond donors (Lipinski definition) is 4. The number of rotatable bonds is 14. The third-order valence-electron chi connectivity index (χ3n) is 9.90. The molecule has 24 nitrogen and oxygen atoms in total. The Morgan fingerprint density at radius 1 is 0.589 bits per heavy atom. The molecule has 7 aromatic carbocycles. The van der Waals surface area contributed by atoms with Gasteiger partial charge < -0.3 is 25.4 Å². The van der Waals surface area contributed by atoms with Crippen LogP contribution < -0.4 is 19.8 Å². The van der Waals surface area contributed by atoms with Crippen molar-refractivity contribution < 1.29 is 62.7 Å². The Hall–Kier alpha value is -9.11. The van der Waals surface area contributed by atoms with Crippen molar-refractivity contribution in [2.75, 3.05) is 20.0 Å². The predicted octanol–water partition coefficient (Wildman–Crippen LogP) is 10.3. The number of isocyanates is 1. The zero-order valence-electron chi connectivity index (χ0n) is 38.4. The summed E-state index contributed by atoms with van der Waals surface area (Å²) < 4.78 is 96.2. The molecule has 0 radical (unpaired) electrons. The number of benzene rings is 7. The van der Waals surface area contributed by atoms with E-state index in [0.29, 0.717) is 90.1 Å². The van der Waals surface area contributed by atoms with Gasteiger partial charge in [-0.15, -0.1) is 45.7 Å². The van der Waals surface area contributed by atoms with Gasteiger partial charge in [-0.3, -0.25) is 4.55 Å². The second-order valence-electron chi connectivity index (χ2n) is 14.6. The van der Waals surface area contributed by atoms with E-state index in [4.69, 9.17) is 40.5 Å². The number of nitrogen functional groups attached to an aromatic ring is 1. The molecule has 0 aliphatic carbocycles. The highest BCUT2D eigenvalue weighted by Gasteiger charge is 2.18. The monoisotopic (exact) mass is 1050 g/mol. The summed E-state index contributed by atoms with van der Waals surface area (Å²) in [5.41, 5.74) is 11.7. The molecule has 374 valence electrons. The summed E-state index contributed by atoms with van der Waals surface area (Å²) in [4.78, 5) is 11.5. The SMILES string of the molecule is COc1cc(N=Nc2ccc(N=Nc3ccccc3S(=O)(=O)O)c(C)c2)c(CO)cc1N=Nc1cc(OC)c(N=Nc2ccc3cc([N+](=C=O)c4ccc(N)cc4)ccc3c2O)cc1C.O=S(=O)=O.O=S(=O)=O. The second kappa shape index (κ2) is 25.1. The Kier molecular flexibility index (Phi) is 18.9. The molecule has 73 heavy (non-hydrogen) atoms. The Morgan fingerprint density at radius 2 is 1.11 bits per heavy atom. The molecular formula is C46H39N10O14S3+. The molecule has 7 rings (SSSR count). The number of aliphatic hydroxyl groups is 1. The number of nitrogens with two attached hydrogens (primary N) is 1. The molecule has 0 aromatic heterocycles. The van der Waals surface area contributed by atoms with Crippen LogP contribution in [0.25, 0.3) is 10.8 Å². The summed E-state index contributed by atoms with van der Waals surface area (Å²) in [7, 11) is -7.78. The van der Waals surface area contributed by atoms with Gasteiger partial charge in [0.1, 0.15) is 39.1 Å². The average Bonchev–Trinajstić information content (AvgIpc) is 3.35. The van der Waals surface area contributed by atoms with Gasteiger partial charge in [0.25, 0.3) is 10.1 Å². The number of anilines is 1. The fraction of sp³-hybridized carbons (Fsp3) is 0.109. The fourth-order valence-electron chi connectivity index (χ4n) is 6.47. The second-order valence-corrected chi connectivity index (χ2v) is 16.8. The molecule has 0 aliphatic rings. The van der Waals surface area contributed by atoms with Gasteiger partial charge in [-0.25, -0.2) is 0 Å². The van der Waals surface area contributed by atoms with Crippen molar-refractivity contribution >= 4 is 111 Å². The number of carbonyl (C=O) groups excluding carboxylic acids is 1. The summed E-state index contributed by atoms with van der Waals surface area (Å²) in [5, 5.41) is 57.0. The predicted molar refractivity (Wildman–Crippen MR) is 264 cm³/mol. The standard InChI is InChI=1S/C46H38N10O8S.2O3S/c1-27-19-32(12-18-36(27)49-50-37-7-5-6-8-45(37)65(60,61)62)48-53-40-24-44(64-4)42(22-30(40)25-57)55-52-39-23-43(63-3)41(20-28(39)2)54-51-38-17-9-29-21-34(15-16-35(29)46(38)59)56(26-58)33-13-10-31(47)11-14-33;2*1-4(2)3/h5-24,57H,25,47H2,1-4H3,(H-,48,50,54,55,59,60,61,62);;/p+1. The van der Waals surface area contributed by atoms with E-state index in [9.17, 15) is 28.0 Å². The van der Waals surface area contributed by atoms with Crippen LogP contribution >= 0.6 is 0 Å². The summed E-state index contributed by atoms with van der Waals surface area (Å²) >= 11 is 0. The van der Waals surface area contributed by atoms with E-state index in [-0.39, 0.29) is 22.0 Å². The highest BCUT2D eigenvalue weighted by Crippen LogP contribution is 2.42. The lowest BCUT2D eigenvalue weighted by atomic mass is 10.1. The molecule has 7 aromatic rings. The van der Waals surface area contributed by atoms with Crippen molar-refractivity contribution in [2.45, 2.75) is 25.3 Å². The number of phenolic OH excluding ortho intramolecular Hbond substituents is 1.